The lowest BCUT2D eigenvalue weighted by molar-refractivity contribution is 0.114. The molecule has 5 nitrogen and oxygen atoms in total. The summed E-state index contributed by atoms with van der Waals surface area (Å²) in [5.41, 5.74) is 3.41. The Bertz CT molecular complexity index is 648. The number of fused-ring (bicyclic) bond motifs is 2. The summed E-state index contributed by atoms with van der Waals surface area (Å²) in [5.74, 6) is 0.602. The highest BCUT2D eigenvalue weighted by Crippen LogP contribution is 2.61. The van der Waals surface area contributed by atoms with Crippen LogP contribution in [0.25, 0.3) is 0 Å². The maximum Gasteiger partial charge on any atom is 0.314 e. The summed E-state index contributed by atoms with van der Waals surface area (Å²) in [6.45, 7) is 4.68. The minimum absolute atomic E-state index is 0.0186. The maximum absolute atomic E-state index is 12.2. The normalized spacial score (nSPS) is 31.8. The van der Waals surface area contributed by atoms with Crippen molar-refractivity contribution in [3.8, 4) is 0 Å². The van der Waals surface area contributed by atoms with E-state index in [-0.39, 0.29) is 6.03 Å². The minimum atomic E-state index is -0.0186. The maximum atomic E-state index is 12.2. The van der Waals surface area contributed by atoms with Crippen LogP contribution in [0.15, 0.2) is 24.3 Å². The lowest BCUT2D eigenvalue weighted by Crippen LogP contribution is -2.55. The molecular weight excluding hydrogens is 312 g/mol. The third kappa shape index (κ3) is 3.27. The number of benzene rings is 1. The van der Waals surface area contributed by atoms with E-state index in [1.54, 1.807) is 0 Å². The average Bonchev–Trinajstić information content (AvgIpc) is 3.20. The Kier molecular flexibility index (Phi) is 4.46. The second-order valence-electron chi connectivity index (χ2n) is 8.20. The van der Waals surface area contributed by atoms with Gasteiger partial charge in [-0.15, -0.1) is 0 Å². The molecular formula is C20H30N4O. The average molecular weight is 342 g/mol. The first kappa shape index (κ1) is 16.9. The van der Waals surface area contributed by atoms with Gasteiger partial charge in [-0.1, -0.05) is 24.3 Å². The van der Waals surface area contributed by atoms with Crippen molar-refractivity contribution in [1.29, 1.82) is 0 Å². The highest BCUT2D eigenvalue weighted by atomic mass is 16.2. The third-order valence-electron chi connectivity index (χ3n) is 6.61. The van der Waals surface area contributed by atoms with E-state index in [0.717, 1.165) is 26.2 Å². The Morgan fingerprint density at radius 3 is 2.88 bits per heavy atom. The van der Waals surface area contributed by atoms with Crippen LogP contribution in [0.5, 0.6) is 0 Å². The fourth-order valence-corrected chi connectivity index (χ4v) is 4.81. The zero-order valence-electron chi connectivity index (χ0n) is 15.4. The van der Waals surface area contributed by atoms with Crippen LogP contribution in [-0.4, -0.2) is 68.7 Å². The number of amides is 2. The van der Waals surface area contributed by atoms with E-state index >= 15 is 0 Å². The molecule has 136 valence electrons. The van der Waals surface area contributed by atoms with Gasteiger partial charge in [0.2, 0.25) is 0 Å². The number of nitrogens with zero attached hydrogens (tertiary/aromatic N) is 2. The molecule has 0 radical (unpaired) electrons. The van der Waals surface area contributed by atoms with Crippen LogP contribution in [-0.2, 0) is 11.8 Å². The van der Waals surface area contributed by atoms with Gasteiger partial charge in [0.05, 0.1) is 0 Å². The van der Waals surface area contributed by atoms with Crippen molar-refractivity contribution in [3.63, 3.8) is 0 Å². The Morgan fingerprint density at radius 1 is 1.20 bits per heavy atom. The minimum Gasteiger partial charge on any atom is -0.338 e. The topological polar surface area (TPSA) is 47.6 Å². The fraction of sp³-hybridized carbons (Fsp3) is 0.650. The smallest absolute Gasteiger partial charge is 0.314 e. The van der Waals surface area contributed by atoms with E-state index in [0.29, 0.717) is 23.9 Å². The van der Waals surface area contributed by atoms with Gasteiger partial charge in [-0.25, -0.2) is 4.79 Å². The van der Waals surface area contributed by atoms with E-state index in [1.807, 2.05) is 0 Å². The quantitative estimate of drug-likeness (QED) is 0.870. The summed E-state index contributed by atoms with van der Waals surface area (Å²) >= 11 is 0. The van der Waals surface area contributed by atoms with E-state index < -0.39 is 0 Å². The van der Waals surface area contributed by atoms with Crippen LogP contribution in [0.4, 0.5) is 4.79 Å². The molecule has 3 atom stereocenters. The number of carbonyl (C=O) groups excluding carboxylic acids is 1. The van der Waals surface area contributed by atoms with Crippen molar-refractivity contribution in [3.05, 3.63) is 35.4 Å². The van der Waals surface area contributed by atoms with Gasteiger partial charge in [0.1, 0.15) is 0 Å². The van der Waals surface area contributed by atoms with Crippen molar-refractivity contribution in [2.75, 3.05) is 46.8 Å². The first-order chi connectivity index (χ1) is 12.1. The molecule has 2 fully saturated rings. The summed E-state index contributed by atoms with van der Waals surface area (Å²) in [6.07, 6.45) is 3.67. The van der Waals surface area contributed by atoms with Crippen molar-refractivity contribution in [1.82, 2.24) is 20.4 Å². The van der Waals surface area contributed by atoms with Crippen molar-refractivity contribution in [2.45, 2.75) is 30.7 Å². The molecule has 5 heteroatoms. The number of likely N-dealkylation sites (N-methyl/N-ethyl adjacent to an activating group) is 2. The van der Waals surface area contributed by atoms with Crippen molar-refractivity contribution < 1.29 is 4.79 Å². The number of hydrogen-bond acceptors (Lipinski definition) is 3. The van der Waals surface area contributed by atoms with Crippen LogP contribution < -0.4 is 10.6 Å². The lowest BCUT2D eigenvalue weighted by Gasteiger charge is -2.37. The van der Waals surface area contributed by atoms with Gasteiger partial charge in [-0.2, -0.15) is 0 Å². The van der Waals surface area contributed by atoms with Gasteiger partial charge in [0.25, 0.3) is 0 Å². The number of aryl methyl sites for hydroxylation is 1. The van der Waals surface area contributed by atoms with Gasteiger partial charge in [0.15, 0.2) is 0 Å². The summed E-state index contributed by atoms with van der Waals surface area (Å²) < 4.78 is 0. The monoisotopic (exact) mass is 342 g/mol. The summed E-state index contributed by atoms with van der Waals surface area (Å²) in [6, 6.07) is 9.22. The first-order valence-electron chi connectivity index (χ1n) is 9.57. The Hall–Kier alpha value is -1.59. The molecule has 1 saturated heterocycles. The van der Waals surface area contributed by atoms with Gasteiger partial charge in [-0.3, -0.25) is 4.90 Å². The standard InChI is InChI=1S/C20H30N4O/c1-23-9-10-24(2)17(14-23)13-22-19(25)21-12-16-11-20(16)8-7-15-5-3-4-6-18(15)20/h3-6,16-17H,7-14H2,1-2H3,(H2,21,22,25)/t16-,17+,20-/m0/s1. The number of carbonyl (C=O) groups is 1. The van der Waals surface area contributed by atoms with Crippen LogP contribution in [0.2, 0.25) is 0 Å². The van der Waals surface area contributed by atoms with Gasteiger partial charge < -0.3 is 15.5 Å². The molecule has 2 N–H and O–H groups in total. The Labute approximate surface area is 150 Å². The molecule has 0 bridgehead atoms. The second-order valence-corrected chi connectivity index (χ2v) is 8.20. The first-order valence-corrected chi connectivity index (χ1v) is 9.57. The largest absolute Gasteiger partial charge is 0.338 e. The lowest BCUT2D eigenvalue weighted by atomic mass is 9.95. The molecule has 2 amide bonds. The fourth-order valence-electron chi connectivity index (χ4n) is 4.81. The molecule has 2 aliphatic carbocycles. The van der Waals surface area contributed by atoms with E-state index in [1.165, 1.54) is 30.4 Å². The van der Waals surface area contributed by atoms with Crippen LogP contribution in [0.1, 0.15) is 24.0 Å². The molecule has 1 heterocycles. The predicted octanol–water partition coefficient (Wildman–Crippen LogP) is 1.44. The molecule has 1 aliphatic heterocycles. The highest BCUT2D eigenvalue weighted by molar-refractivity contribution is 5.74. The van der Waals surface area contributed by atoms with Crippen LogP contribution in [0.3, 0.4) is 0 Å². The van der Waals surface area contributed by atoms with Gasteiger partial charge in [-0.05, 0) is 50.4 Å². The molecule has 1 aromatic rings. The van der Waals surface area contributed by atoms with Crippen LogP contribution in [0, 0.1) is 5.92 Å². The number of urea groups is 1. The molecule has 25 heavy (non-hydrogen) atoms. The molecule has 4 rings (SSSR count). The zero-order valence-corrected chi connectivity index (χ0v) is 15.4. The SMILES string of the molecule is CN1CCN(C)[C@H](CNC(=O)NC[C@@H]2C[C@@]23CCc2ccccc23)C1. The van der Waals surface area contributed by atoms with Gasteiger partial charge >= 0.3 is 6.03 Å². The molecule has 1 aromatic carbocycles. The molecule has 0 aromatic heterocycles. The summed E-state index contributed by atoms with van der Waals surface area (Å²) in [7, 11) is 4.29. The Morgan fingerprint density at radius 2 is 2.00 bits per heavy atom. The summed E-state index contributed by atoms with van der Waals surface area (Å²) in [4.78, 5) is 16.9. The third-order valence-corrected chi connectivity index (χ3v) is 6.61. The predicted molar refractivity (Wildman–Crippen MR) is 99.9 cm³/mol. The number of nitrogens with one attached hydrogen (secondary N) is 2. The van der Waals surface area contributed by atoms with E-state index in [4.69, 9.17) is 0 Å². The summed E-state index contributed by atoms with van der Waals surface area (Å²) in [5, 5.41) is 6.18. The van der Waals surface area contributed by atoms with Crippen LogP contribution >= 0.6 is 0 Å². The number of hydrogen-bond donors (Lipinski definition) is 2. The van der Waals surface area contributed by atoms with Crippen molar-refractivity contribution >= 4 is 6.03 Å². The highest BCUT2D eigenvalue weighted by Gasteiger charge is 2.57. The molecule has 0 unspecified atom stereocenters. The Balaban J connectivity index is 1.23. The van der Waals surface area contributed by atoms with E-state index in [2.05, 4.69) is 58.8 Å². The van der Waals surface area contributed by atoms with Gasteiger partial charge in [0, 0.05) is 44.2 Å². The second kappa shape index (κ2) is 6.61. The molecule has 3 aliphatic rings. The number of rotatable bonds is 4. The number of piperazine rings is 1. The molecule has 1 spiro atoms. The van der Waals surface area contributed by atoms with Crippen molar-refractivity contribution in [2.24, 2.45) is 5.92 Å². The van der Waals surface area contributed by atoms with E-state index in [9.17, 15) is 4.79 Å². The zero-order chi connectivity index (χ0) is 17.4. The molecule has 1 saturated carbocycles.